The van der Waals surface area contributed by atoms with Gasteiger partial charge < -0.3 is 35.9 Å². The van der Waals surface area contributed by atoms with E-state index < -0.39 is 0 Å². The van der Waals surface area contributed by atoms with Crippen molar-refractivity contribution in [2.75, 3.05) is 0 Å². The maximum atomic E-state index is 13.0. The molecule has 0 unspecified atom stereocenters. The van der Waals surface area contributed by atoms with E-state index in [1.54, 1.807) is 0 Å². The zero-order valence-corrected chi connectivity index (χ0v) is 47.4. The first kappa shape index (κ1) is 47.5. The topological polar surface area (TPSA) is 100 Å². The van der Waals surface area contributed by atoms with Gasteiger partial charge in [-0.1, -0.05) is 146 Å². The average molecular weight is 1150 g/mol. The highest BCUT2D eigenvalue weighted by molar-refractivity contribution is 6.29. The predicted molar refractivity (Wildman–Crippen MR) is 364 cm³/mol. The minimum Gasteiger partial charge on any atom is -0.455 e. The second kappa shape index (κ2) is 17.0. The van der Waals surface area contributed by atoms with Gasteiger partial charge in [-0.25, -0.2) is 4.85 Å². The molecule has 0 bridgehead atoms. The van der Waals surface area contributed by atoms with E-state index in [1.165, 1.54) is 0 Å². The minimum absolute atomic E-state index is 0.251. The highest BCUT2D eigenvalue weighted by atomic mass is 16.3. The zero-order valence-electron chi connectivity index (χ0n) is 47.4. The van der Waals surface area contributed by atoms with Crippen LogP contribution in [-0.2, 0) is 0 Å². The molecule has 0 spiro atoms. The molecular weight excluding hydrogens is 1110 g/mol. The lowest BCUT2D eigenvalue weighted by atomic mass is 10.0. The first-order valence-electron chi connectivity index (χ1n) is 30.0. The number of benzene rings is 13. The third kappa shape index (κ3) is 5.81. The Balaban J connectivity index is 1.06. The molecule has 0 aliphatic rings. The molecule has 0 fully saturated rings. The molecule has 0 amide bonds. The van der Waals surface area contributed by atoms with Crippen LogP contribution in [0.3, 0.4) is 0 Å². The Morgan fingerprint density at radius 3 is 0.844 bits per heavy atom. The van der Waals surface area contributed by atoms with Gasteiger partial charge in [0.05, 0.1) is 101 Å². The van der Waals surface area contributed by atoms with E-state index in [9.17, 15) is 11.8 Å². The summed E-state index contributed by atoms with van der Waals surface area (Å²) in [5.41, 5.74) is 15.2. The van der Waals surface area contributed by atoms with Crippen molar-refractivity contribution in [2.45, 2.75) is 0 Å². The number of para-hydroxylation sites is 8. The van der Waals surface area contributed by atoms with E-state index in [2.05, 4.69) is 182 Å². The number of fused-ring (bicyclic) bond motifs is 28. The Labute approximate surface area is 507 Å². The lowest BCUT2D eigenvalue weighted by Gasteiger charge is -2.27. The molecule has 10 heteroatoms. The maximum Gasteiger partial charge on any atom is 0.237 e. The van der Waals surface area contributed by atoms with E-state index in [0.29, 0.717) is 22.7 Å². The Bertz CT molecular complexity index is 6720. The summed E-state index contributed by atoms with van der Waals surface area (Å²) in [7, 11) is 0. The van der Waals surface area contributed by atoms with Crippen LogP contribution in [0.4, 0.5) is 5.69 Å². The molecule has 21 aromatic rings. The average Bonchev–Trinajstić information content (AvgIpc) is 1.47. The molecule has 0 aliphatic heterocycles. The molecule has 0 aliphatic carbocycles. The van der Waals surface area contributed by atoms with Gasteiger partial charge in [0.15, 0.2) is 0 Å². The zero-order chi connectivity index (χ0) is 58.8. The van der Waals surface area contributed by atoms with Gasteiger partial charge in [-0.15, -0.1) is 0 Å². The van der Waals surface area contributed by atoms with Crippen LogP contribution in [0, 0.1) is 17.9 Å². The second-order valence-electron chi connectivity index (χ2n) is 23.5. The van der Waals surface area contributed by atoms with E-state index in [4.69, 9.17) is 22.5 Å². The van der Waals surface area contributed by atoms with Crippen molar-refractivity contribution in [2.24, 2.45) is 0 Å². The molecule has 0 atom stereocenters. The van der Waals surface area contributed by atoms with Crippen molar-refractivity contribution < 1.29 is 17.7 Å². The normalized spacial score (nSPS) is 12.4. The maximum absolute atomic E-state index is 13.0. The fraction of sp³-hybridized carbons (Fsp3) is 0. The van der Waals surface area contributed by atoms with Crippen molar-refractivity contribution in [3.05, 3.63) is 260 Å². The Morgan fingerprint density at radius 1 is 0.267 bits per heavy atom. The number of nitrogens with zero attached hydrogens (tertiary/aromatic N) is 6. The highest BCUT2D eigenvalue weighted by Gasteiger charge is 2.36. The van der Waals surface area contributed by atoms with Crippen molar-refractivity contribution in [3.63, 3.8) is 0 Å². The third-order valence-corrected chi connectivity index (χ3v) is 19.2. The quantitative estimate of drug-likeness (QED) is 0.163. The molecule has 0 saturated heterocycles. The monoisotopic (exact) mass is 1150 g/mol. The Morgan fingerprint density at radius 2 is 0.533 bits per heavy atom. The summed E-state index contributed by atoms with van der Waals surface area (Å²) in [5.74, 6) is 0. The predicted octanol–water partition coefficient (Wildman–Crippen LogP) is 22.1. The fourth-order valence-corrected chi connectivity index (χ4v) is 15.7. The molecular formula is C80H40N6O4. The number of furan rings is 4. The van der Waals surface area contributed by atoms with Crippen LogP contribution in [0.1, 0.15) is 5.56 Å². The molecule has 10 nitrogen and oxygen atoms in total. The Hall–Kier alpha value is -12.8. The summed E-state index contributed by atoms with van der Waals surface area (Å²) < 4.78 is 37.0. The Kier molecular flexibility index (Phi) is 8.98. The van der Waals surface area contributed by atoms with Crippen LogP contribution in [-0.4, -0.2) is 18.3 Å². The molecule has 21 rings (SSSR count). The summed E-state index contributed by atoms with van der Waals surface area (Å²) in [6.07, 6.45) is 0. The summed E-state index contributed by atoms with van der Waals surface area (Å²) in [6, 6.07) is 86.4. The van der Waals surface area contributed by atoms with Crippen molar-refractivity contribution in [1.82, 2.24) is 18.3 Å². The number of nitriles is 1. The van der Waals surface area contributed by atoms with Gasteiger partial charge in [0.1, 0.15) is 50.7 Å². The molecule has 8 aromatic heterocycles. The molecule has 0 N–H and O–H groups in total. The van der Waals surface area contributed by atoms with Crippen LogP contribution in [0.15, 0.2) is 260 Å². The minimum atomic E-state index is 0.251. The van der Waals surface area contributed by atoms with Crippen molar-refractivity contribution >= 4 is 181 Å². The van der Waals surface area contributed by atoms with E-state index >= 15 is 0 Å². The van der Waals surface area contributed by atoms with Crippen molar-refractivity contribution in [1.29, 1.82) is 5.26 Å². The first-order chi connectivity index (χ1) is 44.6. The van der Waals surface area contributed by atoms with Crippen LogP contribution in [0.2, 0.25) is 0 Å². The van der Waals surface area contributed by atoms with Gasteiger partial charge in [-0.3, -0.25) is 0 Å². The van der Waals surface area contributed by atoms with Gasteiger partial charge in [-0.2, -0.15) is 5.26 Å². The third-order valence-electron chi connectivity index (χ3n) is 19.2. The summed E-state index contributed by atoms with van der Waals surface area (Å²) in [6.45, 7) is 10.1. The number of aromatic nitrogens is 4. The fourth-order valence-electron chi connectivity index (χ4n) is 15.7. The molecule has 13 aromatic carbocycles. The molecule has 0 saturated carbocycles. The van der Waals surface area contributed by atoms with Gasteiger partial charge in [-0.05, 0) is 97.1 Å². The summed E-state index contributed by atoms with van der Waals surface area (Å²) >= 11 is 0. The standard InChI is InChI=1S/C80H40N6O4/c1-82-72-73(83-56-26-10-2-22-51(56)68-60(83)38-34-47-43-18-6-14-30-64(43)87-77(47)68)55(42-81)74(84-57-27-11-3-23-52(57)69-61(84)39-35-48-44-19-7-15-31-65(44)88-78(48)69)76(86-59-29-13-5-25-54(59)71-63(86)41-37-50-46-21-9-17-33-67(46)90-80(50)71)75(72)85-58-28-12-4-24-53(58)70-62(85)40-36-49-45-20-8-16-32-66(45)89-79(49)70/h2-41H. The van der Waals surface area contributed by atoms with Crippen LogP contribution in [0.25, 0.3) is 203 Å². The smallest absolute Gasteiger partial charge is 0.237 e. The number of hydrogen-bond acceptors (Lipinski definition) is 5. The molecule has 0 radical (unpaired) electrons. The van der Waals surface area contributed by atoms with E-state index in [-0.39, 0.29) is 11.3 Å². The SMILES string of the molecule is [C-]#[N+]c1c(-n2c3ccccc3c3c4oc5ccccc5c4ccc32)c(C#N)c(-n2c3ccccc3c3c4oc5ccccc5c4ccc32)c(-n2c3ccccc3c3c4oc5ccccc5c4ccc32)c1-n1c2ccccc2c2c3oc4ccccc4c3ccc21. The lowest BCUT2D eigenvalue weighted by Crippen LogP contribution is -2.14. The first-order valence-corrected chi connectivity index (χ1v) is 30.0. The lowest BCUT2D eigenvalue weighted by molar-refractivity contribution is 0.672. The number of rotatable bonds is 4. The molecule has 8 heterocycles. The van der Waals surface area contributed by atoms with E-state index in [0.717, 1.165) is 175 Å². The number of hydrogen-bond donors (Lipinski definition) is 0. The van der Waals surface area contributed by atoms with Gasteiger partial charge in [0.2, 0.25) is 5.69 Å². The van der Waals surface area contributed by atoms with Gasteiger partial charge in [0.25, 0.3) is 0 Å². The summed E-state index contributed by atoms with van der Waals surface area (Å²) in [5, 5.41) is 28.2. The van der Waals surface area contributed by atoms with Crippen LogP contribution < -0.4 is 0 Å². The van der Waals surface area contributed by atoms with Crippen molar-refractivity contribution in [3.8, 4) is 28.8 Å². The second-order valence-corrected chi connectivity index (χ2v) is 23.5. The van der Waals surface area contributed by atoms with Gasteiger partial charge in [0, 0.05) is 64.6 Å². The molecule has 414 valence electrons. The van der Waals surface area contributed by atoms with Gasteiger partial charge >= 0.3 is 0 Å². The molecule has 90 heavy (non-hydrogen) atoms. The summed E-state index contributed by atoms with van der Waals surface area (Å²) in [4.78, 5) is 4.89. The largest absolute Gasteiger partial charge is 0.455 e. The van der Waals surface area contributed by atoms with E-state index in [1.807, 2.05) is 84.9 Å². The van der Waals surface area contributed by atoms with Crippen LogP contribution in [0.5, 0.6) is 0 Å². The highest BCUT2D eigenvalue weighted by Crippen LogP contribution is 2.55. The van der Waals surface area contributed by atoms with Crippen LogP contribution >= 0.6 is 0 Å².